The van der Waals surface area contributed by atoms with Crippen LogP contribution in [0.25, 0.3) is 28.1 Å². The van der Waals surface area contributed by atoms with Gasteiger partial charge < -0.3 is 9.42 Å². The van der Waals surface area contributed by atoms with E-state index in [0.717, 1.165) is 35.2 Å². The van der Waals surface area contributed by atoms with Crippen molar-refractivity contribution < 1.29 is 4.52 Å². The van der Waals surface area contributed by atoms with Crippen LogP contribution >= 0.6 is 12.4 Å². The van der Waals surface area contributed by atoms with Crippen LogP contribution in [0.2, 0.25) is 0 Å². The third-order valence-electron chi connectivity index (χ3n) is 4.35. The lowest BCUT2D eigenvalue weighted by Gasteiger charge is -2.15. The minimum absolute atomic E-state index is 0. The molecule has 1 saturated carbocycles. The Morgan fingerprint density at radius 2 is 1.96 bits per heavy atom. The Hall–Kier alpha value is -2.67. The predicted octanol–water partition coefficient (Wildman–Crippen LogP) is 3.30. The highest BCUT2D eigenvalue weighted by atomic mass is 35.5. The number of para-hydroxylation sites is 2. The molecule has 0 atom stereocenters. The topological polar surface area (TPSA) is 72.4 Å². The van der Waals surface area contributed by atoms with Crippen LogP contribution in [0.1, 0.15) is 24.7 Å². The van der Waals surface area contributed by atoms with Gasteiger partial charge in [-0.05, 0) is 25.0 Å². The molecule has 1 aliphatic rings. The number of halogens is 1. The lowest BCUT2D eigenvalue weighted by atomic mass is 10.2. The van der Waals surface area contributed by atoms with Gasteiger partial charge in [-0.15, -0.1) is 12.4 Å². The maximum absolute atomic E-state index is 5.40. The standard InChI is InChI=1S/C17H16N6O.ClH/c1-22(2)16-14-13(15-20-17(24-21-15)10-7-8-10)18-9-23(14)12-6-4-3-5-11(12)19-16;/h3-6,9-10H,7-8H2,1-2H3;1H. The number of aromatic nitrogens is 5. The van der Waals surface area contributed by atoms with Crippen molar-refractivity contribution in [1.82, 2.24) is 24.5 Å². The molecule has 0 unspecified atom stereocenters. The highest BCUT2D eigenvalue weighted by Crippen LogP contribution is 2.40. The van der Waals surface area contributed by atoms with Crippen LogP contribution in [-0.2, 0) is 0 Å². The summed E-state index contributed by atoms with van der Waals surface area (Å²) < 4.78 is 7.45. The normalized spacial score (nSPS) is 14.0. The lowest BCUT2D eigenvalue weighted by molar-refractivity contribution is 0.380. The number of benzene rings is 1. The second-order valence-corrected chi connectivity index (χ2v) is 6.36. The van der Waals surface area contributed by atoms with Gasteiger partial charge in [0.2, 0.25) is 11.7 Å². The number of hydrogen-bond acceptors (Lipinski definition) is 6. The van der Waals surface area contributed by atoms with Gasteiger partial charge in [-0.1, -0.05) is 17.3 Å². The Morgan fingerprint density at radius 1 is 1.16 bits per heavy atom. The van der Waals surface area contributed by atoms with E-state index in [2.05, 4.69) is 15.1 Å². The van der Waals surface area contributed by atoms with Crippen molar-refractivity contribution in [1.29, 1.82) is 0 Å². The third kappa shape index (κ3) is 2.42. The molecule has 0 spiro atoms. The second kappa shape index (κ2) is 5.70. The van der Waals surface area contributed by atoms with Crippen LogP contribution in [0.4, 0.5) is 5.82 Å². The molecule has 0 N–H and O–H groups in total. The van der Waals surface area contributed by atoms with Gasteiger partial charge in [0.25, 0.3) is 0 Å². The average Bonchev–Trinajstić information content (AvgIpc) is 3.16. The van der Waals surface area contributed by atoms with E-state index in [-0.39, 0.29) is 12.4 Å². The van der Waals surface area contributed by atoms with E-state index in [1.807, 2.05) is 47.7 Å². The van der Waals surface area contributed by atoms with Crippen LogP contribution in [0, 0.1) is 0 Å². The zero-order valence-electron chi connectivity index (χ0n) is 13.9. The van der Waals surface area contributed by atoms with Crippen LogP contribution in [0.3, 0.4) is 0 Å². The minimum atomic E-state index is 0. The first-order valence-electron chi connectivity index (χ1n) is 7.99. The molecule has 0 saturated heterocycles. The summed E-state index contributed by atoms with van der Waals surface area (Å²) in [5, 5.41) is 4.14. The Bertz CT molecular complexity index is 1070. The summed E-state index contributed by atoms with van der Waals surface area (Å²) >= 11 is 0. The molecule has 3 heterocycles. The Balaban J connectivity index is 0.00000157. The first kappa shape index (κ1) is 15.8. The van der Waals surface area contributed by atoms with Crippen molar-refractivity contribution in [3.05, 3.63) is 36.5 Å². The molecule has 0 radical (unpaired) electrons. The third-order valence-corrected chi connectivity index (χ3v) is 4.35. The van der Waals surface area contributed by atoms with Gasteiger partial charge in [-0.3, -0.25) is 4.40 Å². The zero-order chi connectivity index (χ0) is 16.3. The number of nitrogens with zero attached hydrogens (tertiary/aromatic N) is 6. The molecule has 0 bridgehead atoms. The molecule has 1 fully saturated rings. The zero-order valence-corrected chi connectivity index (χ0v) is 14.7. The van der Waals surface area contributed by atoms with Gasteiger partial charge in [0.05, 0.1) is 11.0 Å². The number of imidazole rings is 1. The molecule has 7 nitrogen and oxygen atoms in total. The highest BCUT2D eigenvalue weighted by Gasteiger charge is 2.30. The molecule has 25 heavy (non-hydrogen) atoms. The molecule has 0 amide bonds. The van der Waals surface area contributed by atoms with E-state index in [1.54, 1.807) is 6.33 Å². The Kier molecular flexibility index (Phi) is 3.61. The SMILES string of the molecule is CN(C)c1nc2ccccc2n2cnc(-c3noc(C4CC4)n3)c12.Cl. The summed E-state index contributed by atoms with van der Waals surface area (Å²) in [6.45, 7) is 0. The van der Waals surface area contributed by atoms with Gasteiger partial charge in [-0.25, -0.2) is 9.97 Å². The average molecular weight is 357 g/mol. The minimum Gasteiger partial charge on any atom is -0.361 e. The summed E-state index contributed by atoms with van der Waals surface area (Å²) in [5.74, 6) is 2.50. The maximum Gasteiger partial charge on any atom is 0.230 e. The molecule has 3 aromatic heterocycles. The number of rotatable bonds is 3. The van der Waals surface area contributed by atoms with Crippen molar-refractivity contribution in [3.63, 3.8) is 0 Å². The molecular formula is C17H17ClN6O. The van der Waals surface area contributed by atoms with Gasteiger partial charge in [0.1, 0.15) is 17.5 Å². The summed E-state index contributed by atoms with van der Waals surface area (Å²) in [6, 6.07) is 8.02. The largest absolute Gasteiger partial charge is 0.361 e. The fourth-order valence-electron chi connectivity index (χ4n) is 2.98. The fourth-order valence-corrected chi connectivity index (χ4v) is 2.98. The number of hydrogen-bond donors (Lipinski definition) is 0. The summed E-state index contributed by atoms with van der Waals surface area (Å²) in [7, 11) is 3.94. The highest BCUT2D eigenvalue weighted by molar-refractivity contribution is 5.91. The van der Waals surface area contributed by atoms with Gasteiger partial charge in [0, 0.05) is 20.0 Å². The Morgan fingerprint density at radius 3 is 2.72 bits per heavy atom. The van der Waals surface area contributed by atoms with Crippen molar-refractivity contribution in [3.8, 4) is 11.5 Å². The molecule has 1 aliphatic carbocycles. The molecule has 5 rings (SSSR count). The first-order chi connectivity index (χ1) is 11.7. The van der Waals surface area contributed by atoms with Gasteiger partial charge >= 0.3 is 0 Å². The van der Waals surface area contributed by atoms with E-state index in [0.29, 0.717) is 23.3 Å². The van der Waals surface area contributed by atoms with Crippen molar-refractivity contribution in [2.45, 2.75) is 18.8 Å². The Labute approximate surface area is 150 Å². The molecule has 4 aromatic rings. The van der Waals surface area contributed by atoms with E-state index in [9.17, 15) is 0 Å². The van der Waals surface area contributed by atoms with E-state index in [1.165, 1.54) is 0 Å². The summed E-state index contributed by atoms with van der Waals surface area (Å²) in [4.78, 5) is 15.9. The monoisotopic (exact) mass is 356 g/mol. The smallest absolute Gasteiger partial charge is 0.230 e. The molecule has 8 heteroatoms. The van der Waals surface area contributed by atoms with Crippen molar-refractivity contribution >= 4 is 34.8 Å². The summed E-state index contributed by atoms with van der Waals surface area (Å²) in [5.41, 5.74) is 3.52. The van der Waals surface area contributed by atoms with E-state index >= 15 is 0 Å². The first-order valence-corrected chi connectivity index (χ1v) is 7.99. The molecule has 1 aromatic carbocycles. The van der Waals surface area contributed by atoms with Gasteiger partial charge in [-0.2, -0.15) is 4.98 Å². The molecule has 0 aliphatic heterocycles. The quantitative estimate of drug-likeness (QED) is 0.561. The molecular weight excluding hydrogens is 340 g/mol. The maximum atomic E-state index is 5.40. The lowest BCUT2D eigenvalue weighted by Crippen LogP contribution is -2.12. The van der Waals surface area contributed by atoms with Crippen molar-refractivity contribution in [2.24, 2.45) is 0 Å². The summed E-state index contributed by atoms with van der Waals surface area (Å²) in [6.07, 6.45) is 4.05. The van der Waals surface area contributed by atoms with Crippen LogP contribution in [-0.4, -0.2) is 38.6 Å². The predicted molar refractivity (Wildman–Crippen MR) is 97.3 cm³/mol. The van der Waals surface area contributed by atoms with Crippen LogP contribution < -0.4 is 4.90 Å². The van der Waals surface area contributed by atoms with E-state index < -0.39 is 0 Å². The van der Waals surface area contributed by atoms with Crippen LogP contribution in [0.15, 0.2) is 35.1 Å². The number of anilines is 1. The van der Waals surface area contributed by atoms with Crippen LogP contribution in [0.5, 0.6) is 0 Å². The van der Waals surface area contributed by atoms with E-state index in [4.69, 9.17) is 9.51 Å². The fraction of sp³-hybridized carbons (Fsp3) is 0.294. The second-order valence-electron chi connectivity index (χ2n) is 6.36. The van der Waals surface area contributed by atoms with Gasteiger partial charge in [0.15, 0.2) is 5.82 Å². The van der Waals surface area contributed by atoms with Crippen molar-refractivity contribution in [2.75, 3.05) is 19.0 Å². The number of fused-ring (bicyclic) bond motifs is 3. The molecule has 128 valence electrons.